The molecule has 3 aromatic carbocycles. The number of hydrogen-bond acceptors (Lipinski definition) is 7. The van der Waals surface area contributed by atoms with E-state index in [1.807, 2.05) is 47.0 Å². The Bertz CT molecular complexity index is 1370. The van der Waals surface area contributed by atoms with Gasteiger partial charge in [-0.05, 0) is 54.4 Å². The lowest BCUT2D eigenvalue weighted by Crippen LogP contribution is -2.42. The second kappa shape index (κ2) is 13.5. The fourth-order valence-electron chi connectivity index (χ4n) is 3.55. The van der Waals surface area contributed by atoms with E-state index in [9.17, 15) is 9.59 Å². The van der Waals surface area contributed by atoms with E-state index < -0.39 is 5.91 Å². The summed E-state index contributed by atoms with van der Waals surface area (Å²) >= 11 is 7.35. The normalized spacial score (nSPS) is 10.6. The molecule has 0 unspecified atom stereocenters. The van der Waals surface area contributed by atoms with E-state index in [0.29, 0.717) is 34.6 Å². The molecule has 0 saturated carbocycles. The fraction of sp³-hybridized carbons (Fsp3) is 0.185. The Hall–Kier alpha value is -4.02. The predicted octanol–water partition coefficient (Wildman–Crippen LogP) is 4.35. The van der Waals surface area contributed by atoms with Gasteiger partial charge in [-0.2, -0.15) is 0 Å². The minimum atomic E-state index is -0.425. The number of carbonyl (C=O) groups is 2. The maximum Gasteiger partial charge on any atom is 0.269 e. The SMILES string of the molecule is COc1ccc(C(=O)NNC(=O)CSc2nnc(CNc3cccc(Cl)c3)n2CCc2ccccc2)cc1. The van der Waals surface area contributed by atoms with Crippen molar-refractivity contribution >= 4 is 40.9 Å². The highest BCUT2D eigenvalue weighted by Crippen LogP contribution is 2.20. The molecule has 2 amide bonds. The van der Waals surface area contributed by atoms with Crippen molar-refractivity contribution in [3.8, 4) is 5.75 Å². The molecule has 196 valence electrons. The Balaban J connectivity index is 1.36. The smallest absolute Gasteiger partial charge is 0.269 e. The second-order valence-corrected chi connectivity index (χ2v) is 9.55. The lowest BCUT2D eigenvalue weighted by molar-refractivity contribution is -0.119. The molecule has 3 N–H and O–H groups in total. The number of carbonyl (C=O) groups excluding carboxylic acids is 2. The molecule has 0 saturated heterocycles. The number of aryl methyl sites for hydroxylation is 1. The van der Waals surface area contributed by atoms with Crippen LogP contribution in [0.25, 0.3) is 0 Å². The van der Waals surface area contributed by atoms with Crippen molar-refractivity contribution in [1.29, 1.82) is 0 Å². The number of anilines is 1. The zero-order chi connectivity index (χ0) is 26.7. The van der Waals surface area contributed by atoms with Crippen molar-refractivity contribution in [2.45, 2.75) is 24.7 Å². The molecule has 0 spiro atoms. The molecule has 0 atom stereocenters. The van der Waals surface area contributed by atoms with E-state index in [1.54, 1.807) is 31.4 Å². The molecule has 4 rings (SSSR count). The van der Waals surface area contributed by atoms with Gasteiger partial charge in [-0.3, -0.25) is 20.4 Å². The Labute approximate surface area is 229 Å². The molecule has 0 fully saturated rings. The molecule has 0 aliphatic rings. The van der Waals surface area contributed by atoms with Gasteiger partial charge in [-0.15, -0.1) is 10.2 Å². The van der Waals surface area contributed by atoms with E-state index in [0.717, 1.165) is 17.9 Å². The van der Waals surface area contributed by atoms with Crippen molar-refractivity contribution in [2.24, 2.45) is 0 Å². The summed E-state index contributed by atoms with van der Waals surface area (Å²) in [6.07, 6.45) is 0.778. The van der Waals surface area contributed by atoms with Crippen LogP contribution in [-0.4, -0.2) is 39.4 Å². The van der Waals surface area contributed by atoms with Crippen LogP contribution >= 0.6 is 23.4 Å². The first-order valence-electron chi connectivity index (χ1n) is 11.8. The van der Waals surface area contributed by atoms with Crippen molar-refractivity contribution in [1.82, 2.24) is 25.6 Å². The molecule has 1 heterocycles. The van der Waals surface area contributed by atoms with Crippen LogP contribution in [0.1, 0.15) is 21.7 Å². The van der Waals surface area contributed by atoms with Crippen molar-refractivity contribution in [3.63, 3.8) is 0 Å². The van der Waals surface area contributed by atoms with Crippen LogP contribution in [0, 0.1) is 0 Å². The van der Waals surface area contributed by atoms with Crippen LogP contribution < -0.4 is 20.9 Å². The Morgan fingerprint density at radius 2 is 1.76 bits per heavy atom. The summed E-state index contributed by atoms with van der Waals surface area (Å²) < 4.78 is 7.09. The van der Waals surface area contributed by atoms with Crippen LogP contribution in [0.3, 0.4) is 0 Å². The molecule has 11 heteroatoms. The van der Waals surface area contributed by atoms with E-state index in [2.05, 4.69) is 38.5 Å². The third-order valence-corrected chi connectivity index (χ3v) is 6.74. The molecule has 1 aromatic heterocycles. The van der Waals surface area contributed by atoms with Crippen molar-refractivity contribution < 1.29 is 14.3 Å². The van der Waals surface area contributed by atoms with Crippen LogP contribution in [0.15, 0.2) is 84.0 Å². The van der Waals surface area contributed by atoms with Gasteiger partial charge in [0.15, 0.2) is 11.0 Å². The number of methoxy groups -OCH3 is 1. The van der Waals surface area contributed by atoms with Gasteiger partial charge in [-0.1, -0.05) is 59.8 Å². The molecule has 0 aliphatic carbocycles. The summed E-state index contributed by atoms with van der Waals surface area (Å²) in [6, 6.07) is 24.2. The van der Waals surface area contributed by atoms with Gasteiger partial charge in [0.1, 0.15) is 5.75 Å². The number of aromatic nitrogens is 3. The third kappa shape index (κ3) is 7.74. The van der Waals surface area contributed by atoms with E-state index in [-0.39, 0.29) is 11.7 Å². The molecule has 38 heavy (non-hydrogen) atoms. The summed E-state index contributed by atoms with van der Waals surface area (Å²) in [5.74, 6) is 0.630. The average molecular weight is 551 g/mol. The number of amides is 2. The maximum absolute atomic E-state index is 12.4. The van der Waals surface area contributed by atoms with Gasteiger partial charge in [-0.25, -0.2) is 0 Å². The standard InChI is InChI=1S/C27H27ClN6O3S/c1-37-23-12-10-20(11-13-23)26(36)32-31-25(35)18-38-27-33-30-24(17-29-22-9-5-8-21(28)16-22)34(27)15-14-19-6-3-2-4-7-19/h2-13,16,29H,14-15,17-18H2,1H3,(H,31,35)(H,32,36). The zero-order valence-electron chi connectivity index (χ0n) is 20.7. The van der Waals surface area contributed by atoms with E-state index in [4.69, 9.17) is 16.3 Å². The summed E-state index contributed by atoms with van der Waals surface area (Å²) in [6.45, 7) is 1.08. The van der Waals surface area contributed by atoms with Gasteiger partial charge < -0.3 is 14.6 Å². The van der Waals surface area contributed by atoms with Gasteiger partial charge in [0, 0.05) is 22.8 Å². The molecule has 9 nitrogen and oxygen atoms in total. The van der Waals surface area contributed by atoms with Crippen LogP contribution in [0.2, 0.25) is 5.02 Å². The van der Waals surface area contributed by atoms with Crippen LogP contribution in [0.4, 0.5) is 5.69 Å². The van der Waals surface area contributed by atoms with Gasteiger partial charge in [0.05, 0.1) is 19.4 Å². The highest BCUT2D eigenvalue weighted by molar-refractivity contribution is 7.99. The predicted molar refractivity (Wildman–Crippen MR) is 148 cm³/mol. The van der Waals surface area contributed by atoms with E-state index in [1.165, 1.54) is 17.3 Å². The van der Waals surface area contributed by atoms with Gasteiger partial charge in [0.25, 0.3) is 5.91 Å². The molecular formula is C27H27ClN6O3S. The van der Waals surface area contributed by atoms with Gasteiger partial charge >= 0.3 is 0 Å². The average Bonchev–Trinajstić information content (AvgIpc) is 3.34. The van der Waals surface area contributed by atoms with Crippen LogP contribution in [0.5, 0.6) is 5.75 Å². The number of nitrogens with one attached hydrogen (secondary N) is 3. The van der Waals surface area contributed by atoms with Crippen molar-refractivity contribution in [3.05, 3.63) is 101 Å². The quantitative estimate of drug-likeness (QED) is 0.188. The highest BCUT2D eigenvalue weighted by Gasteiger charge is 2.15. The number of benzene rings is 3. The number of hydrogen-bond donors (Lipinski definition) is 3. The first-order valence-corrected chi connectivity index (χ1v) is 13.2. The minimum Gasteiger partial charge on any atom is -0.497 e. The molecule has 4 aromatic rings. The maximum atomic E-state index is 12.4. The number of halogens is 1. The molecule has 0 bridgehead atoms. The first kappa shape index (κ1) is 27.0. The Morgan fingerprint density at radius 3 is 2.50 bits per heavy atom. The lowest BCUT2D eigenvalue weighted by Gasteiger charge is -2.12. The van der Waals surface area contributed by atoms with Crippen molar-refractivity contribution in [2.75, 3.05) is 18.2 Å². The third-order valence-electron chi connectivity index (χ3n) is 5.54. The number of thioether (sulfide) groups is 1. The summed E-state index contributed by atoms with van der Waals surface area (Å²) in [4.78, 5) is 24.7. The second-order valence-electron chi connectivity index (χ2n) is 8.17. The summed E-state index contributed by atoms with van der Waals surface area (Å²) in [7, 11) is 1.55. The number of ether oxygens (including phenoxy) is 1. The topological polar surface area (TPSA) is 110 Å². The summed E-state index contributed by atoms with van der Waals surface area (Å²) in [5.41, 5.74) is 7.32. The Morgan fingerprint density at radius 1 is 0.974 bits per heavy atom. The molecule has 0 radical (unpaired) electrons. The summed E-state index contributed by atoms with van der Waals surface area (Å²) in [5, 5.41) is 13.3. The fourth-order valence-corrected chi connectivity index (χ4v) is 4.53. The highest BCUT2D eigenvalue weighted by atomic mass is 35.5. The first-order chi connectivity index (χ1) is 18.5. The van der Waals surface area contributed by atoms with Crippen LogP contribution in [-0.2, 0) is 24.3 Å². The molecular weight excluding hydrogens is 524 g/mol. The monoisotopic (exact) mass is 550 g/mol. The molecule has 0 aliphatic heterocycles. The van der Waals surface area contributed by atoms with Gasteiger partial charge in [0.2, 0.25) is 5.91 Å². The number of rotatable bonds is 11. The number of hydrazine groups is 1. The Kier molecular flexibility index (Phi) is 9.60. The zero-order valence-corrected chi connectivity index (χ0v) is 22.3. The minimum absolute atomic E-state index is 0.0497. The van der Waals surface area contributed by atoms with E-state index >= 15 is 0 Å². The number of nitrogens with zero attached hydrogens (tertiary/aromatic N) is 3. The lowest BCUT2D eigenvalue weighted by atomic mass is 10.1. The largest absolute Gasteiger partial charge is 0.497 e.